The number of nitrogens with zero attached hydrogens (tertiary/aromatic N) is 2. The molecule has 4 aromatic rings. The SMILES string of the molecule is CCOc1cccc([C@H]2c3cccn3-c3sc4c(c3CN2C(=O)Nc2ccc(C)cc2)CCCC4)c1. The molecule has 0 saturated heterocycles. The van der Waals surface area contributed by atoms with Crippen LogP contribution in [0.1, 0.15) is 58.6 Å². The number of benzene rings is 2. The first-order valence-electron chi connectivity index (χ1n) is 12.8. The molecule has 2 amide bonds. The van der Waals surface area contributed by atoms with Crippen molar-refractivity contribution in [3.05, 3.63) is 99.7 Å². The molecule has 6 rings (SSSR count). The number of hydrogen-bond acceptors (Lipinski definition) is 3. The lowest BCUT2D eigenvalue weighted by Crippen LogP contribution is -2.38. The molecule has 0 unspecified atom stereocenters. The molecule has 3 heterocycles. The molecule has 5 nitrogen and oxygen atoms in total. The highest BCUT2D eigenvalue weighted by molar-refractivity contribution is 7.15. The second kappa shape index (κ2) is 9.51. The van der Waals surface area contributed by atoms with Gasteiger partial charge in [-0.15, -0.1) is 11.3 Å². The van der Waals surface area contributed by atoms with E-state index in [1.165, 1.54) is 39.4 Å². The minimum atomic E-state index is -0.246. The minimum Gasteiger partial charge on any atom is -0.494 e. The van der Waals surface area contributed by atoms with Crippen molar-refractivity contribution in [1.29, 1.82) is 0 Å². The number of aromatic nitrogens is 1. The normalized spacial score (nSPS) is 16.5. The van der Waals surface area contributed by atoms with Gasteiger partial charge in [-0.3, -0.25) is 0 Å². The molecule has 1 aliphatic heterocycles. The maximum Gasteiger partial charge on any atom is 0.322 e. The highest BCUT2D eigenvalue weighted by Crippen LogP contribution is 2.44. The van der Waals surface area contributed by atoms with Crippen LogP contribution in [0.4, 0.5) is 10.5 Å². The number of ether oxygens (including phenoxy) is 1. The molecular weight excluding hydrogens is 466 g/mol. The molecule has 2 aliphatic rings. The summed E-state index contributed by atoms with van der Waals surface area (Å²) in [5.41, 5.74) is 6.87. The van der Waals surface area contributed by atoms with Crippen LogP contribution in [0.2, 0.25) is 0 Å². The molecule has 184 valence electrons. The Morgan fingerprint density at radius 3 is 2.72 bits per heavy atom. The Kier molecular flexibility index (Phi) is 6.05. The molecule has 0 fully saturated rings. The zero-order chi connectivity index (χ0) is 24.6. The number of amides is 2. The van der Waals surface area contributed by atoms with Gasteiger partial charge in [0.15, 0.2) is 0 Å². The molecule has 6 heteroatoms. The molecule has 1 atom stereocenters. The van der Waals surface area contributed by atoms with Gasteiger partial charge in [0.05, 0.1) is 24.9 Å². The van der Waals surface area contributed by atoms with E-state index in [0.717, 1.165) is 35.5 Å². The Morgan fingerprint density at radius 1 is 1.06 bits per heavy atom. The van der Waals surface area contributed by atoms with Crippen molar-refractivity contribution >= 4 is 23.1 Å². The van der Waals surface area contributed by atoms with Gasteiger partial charge in [-0.2, -0.15) is 0 Å². The van der Waals surface area contributed by atoms with Gasteiger partial charge in [-0.25, -0.2) is 4.79 Å². The van der Waals surface area contributed by atoms with Gasteiger partial charge >= 0.3 is 6.03 Å². The lowest BCUT2D eigenvalue weighted by molar-refractivity contribution is 0.194. The third kappa shape index (κ3) is 4.09. The smallest absolute Gasteiger partial charge is 0.322 e. The van der Waals surface area contributed by atoms with Gasteiger partial charge in [0.25, 0.3) is 0 Å². The van der Waals surface area contributed by atoms with E-state index in [1.807, 2.05) is 59.6 Å². The summed E-state index contributed by atoms with van der Waals surface area (Å²) in [6.07, 6.45) is 6.84. The summed E-state index contributed by atoms with van der Waals surface area (Å²) >= 11 is 1.91. The number of carbonyl (C=O) groups is 1. The van der Waals surface area contributed by atoms with E-state index < -0.39 is 0 Å². The number of hydrogen-bond donors (Lipinski definition) is 1. The van der Waals surface area contributed by atoms with Crippen LogP contribution < -0.4 is 10.1 Å². The molecule has 0 spiro atoms. The Balaban J connectivity index is 1.48. The number of thiophene rings is 1. The fourth-order valence-corrected chi connectivity index (χ4v) is 6.91. The molecule has 2 aromatic heterocycles. The topological polar surface area (TPSA) is 46.5 Å². The van der Waals surface area contributed by atoms with E-state index >= 15 is 0 Å². The van der Waals surface area contributed by atoms with Gasteiger partial charge in [-0.05, 0) is 87.1 Å². The highest BCUT2D eigenvalue weighted by Gasteiger charge is 2.36. The first-order valence-corrected chi connectivity index (χ1v) is 13.6. The standard InChI is InChI=1S/C30H31N3O2S/c1-3-35-23-9-6-8-21(18-23)28-26-11-7-17-32(26)29-25(24-10-4-5-12-27(24)36-29)19-33(28)30(34)31-22-15-13-20(2)14-16-22/h6-9,11,13-18,28H,3-5,10,12,19H2,1-2H3,(H,31,34)/t28-/m0/s1. The van der Waals surface area contributed by atoms with Crippen LogP contribution >= 0.6 is 11.3 Å². The van der Waals surface area contributed by atoms with Crippen LogP contribution in [0.3, 0.4) is 0 Å². The first kappa shape index (κ1) is 22.9. The average molecular weight is 498 g/mol. The van der Waals surface area contributed by atoms with Crippen LogP contribution in [-0.2, 0) is 19.4 Å². The highest BCUT2D eigenvalue weighted by atomic mass is 32.1. The Bertz CT molecular complexity index is 1400. The van der Waals surface area contributed by atoms with E-state index in [4.69, 9.17) is 4.74 Å². The van der Waals surface area contributed by atoms with Gasteiger partial charge < -0.3 is 19.5 Å². The molecule has 1 N–H and O–H groups in total. The van der Waals surface area contributed by atoms with Crippen molar-refractivity contribution in [2.75, 3.05) is 11.9 Å². The first-order chi connectivity index (χ1) is 17.6. The van der Waals surface area contributed by atoms with Gasteiger partial charge in [0.2, 0.25) is 0 Å². The molecule has 0 bridgehead atoms. The van der Waals surface area contributed by atoms with E-state index in [-0.39, 0.29) is 12.1 Å². The van der Waals surface area contributed by atoms with Crippen LogP contribution in [0, 0.1) is 6.92 Å². The zero-order valence-corrected chi connectivity index (χ0v) is 21.6. The predicted molar refractivity (Wildman–Crippen MR) is 145 cm³/mol. The largest absolute Gasteiger partial charge is 0.494 e. The number of nitrogens with one attached hydrogen (secondary N) is 1. The Morgan fingerprint density at radius 2 is 1.89 bits per heavy atom. The second-order valence-corrected chi connectivity index (χ2v) is 10.7. The molecule has 0 saturated carbocycles. The summed E-state index contributed by atoms with van der Waals surface area (Å²) < 4.78 is 8.15. The number of urea groups is 1. The summed E-state index contributed by atoms with van der Waals surface area (Å²) in [6.45, 7) is 5.22. The minimum absolute atomic E-state index is 0.0953. The van der Waals surface area contributed by atoms with E-state index in [9.17, 15) is 4.79 Å². The number of rotatable bonds is 4. The quantitative estimate of drug-likeness (QED) is 0.322. The molecule has 2 aromatic carbocycles. The summed E-state index contributed by atoms with van der Waals surface area (Å²) in [6, 6.07) is 20.1. The molecule has 1 aliphatic carbocycles. The molecule has 0 radical (unpaired) electrons. The number of aryl methyl sites for hydroxylation is 2. The third-order valence-corrected chi connectivity index (χ3v) is 8.56. The fourth-order valence-electron chi connectivity index (χ4n) is 5.51. The van der Waals surface area contributed by atoms with Crippen LogP contribution in [0.15, 0.2) is 66.9 Å². The molecular formula is C30H31N3O2S. The van der Waals surface area contributed by atoms with E-state index in [1.54, 1.807) is 0 Å². The monoisotopic (exact) mass is 497 g/mol. The fraction of sp³-hybridized carbons (Fsp3) is 0.300. The predicted octanol–water partition coefficient (Wildman–Crippen LogP) is 7.26. The lowest BCUT2D eigenvalue weighted by Gasteiger charge is -2.31. The van der Waals surface area contributed by atoms with Gasteiger partial charge in [-0.1, -0.05) is 29.8 Å². The maximum atomic E-state index is 14.0. The van der Waals surface area contributed by atoms with Crippen molar-refractivity contribution in [2.24, 2.45) is 0 Å². The Labute approximate surface area is 216 Å². The third-order valence-electron chi connectivity index (χ3n) is 7.23. The van der Waals surface area contributed by atoms with Crippen molar-refractivity contribution in [3.63, 3.8) is 0 Å². The van der Waals surface area contributed by atoms with Crippen molar-refractivity contribution < 1.29 is 9.53 Å². The number of carbonyl (C=O) groups excluding carboxylic acids is 1. The summed E-state index contributed by atoms with van der Waals surface area (Å²) in [5.74, 6) is 0.823. The van der Waals surface area contributed by atoms with Crippen molar-refractivity contribution in [2.45, 2.75) is 52.1 Å². The summed E-state index contributed by atoms with van der Waals surface area (Å²) in [5, 5.41) is 4.44. The molecule has 36 heavy (non-hydrogen) atoms. The van der Waals surface area contributed by atoms with Crippen molar-refractivity contribution in [1.82, 2.24) is 9.47 Å². The van der Waals surface area contributed by atoms with Gasteiger partial charge in [0, 0.05) is 22.3 Å². The lowest BCUT2D eigenvalue weighted by atomic mass is 9.95. The zero-order valence-electron chi connectivity index (χ0n) is 20.8. The second-order valence-electron chi connectivity index (χ2n) is 9.63. The van der Waals surface area contributed by atoms with Crippen molar-refractivity contribution in [3.8, 4) is 10.8 Å². The van der Waals surface area contributed by atoms with Crippen LogP contribution in [0.25, 0.3) is 5.00 Å². The number of fused-ring (bicyclic) bond motifs is 5. The van der Waals surface area contributed by atoms with E-state index in [2.05, 4.69) is 47.3 Å². The number of anilines is 1. The van der Waals surface area contributed by atoms with Gasteiger partial charge in [0.1, 0.15) is 10.8 Å². The summed E-state index contributed by atoms with van der Waals surface area (Å²) in [4.78, 5) is 17.5. The average Bonchev–Trinajstić information content (AvgIpc) is 3.47. The van der Waals surface area contributed by atoms with Crippen LogP contribution in [-0.4, -0.2) is 22.1 Å². The maximum absolute atomic E-state index is 14.0. The van der Waals surface area contributed by atoms with Crippen LogP contribution in [0.5, 0.6) is 5.75 Å². The van der Waals surface area contributed by atoms with E-state index in [0.29, 0.717) is 13.2 Å². The Hall–Kier alpha value is -3.51. The summed E-state index contributed by atoms with van der Waals surface area (Å²) in [7, 11) is 0.